The highest BCUT2D eigenvalue weighted by molar-refractivity contribution is 4.41. The maximum Gasteiger partial charge on any atom is 0.110 e. The van der Waals surface area contributed by atoms with Gasteiger partial charge in [-0.3, -0.25) is 0 Å². The number of hydrogen-bond acceptors (Lipinski definition) is 1. The molecule has 0 atom stereocenters. The molecule has 0 aliphatic rings. The minimum atomic E-state index is 0.931. The van der Waals surface area contributed by atoms with Gasteiger partial charge in [0.15, 0.2) is 0 Å². The van der Waals surface area contributed by atoms with Crippen molar-refractivity contribution in [2.24, 2.45) is 0 Å². The van der Waals surface area contributed by atoms with Gasteiger partial charge in [-0.05, 0) is 0 Å². The van der Waals surface area contributed by atoms with Crippen molar-refractivity contribution in [2.45, 2.75) is 0 Å². The smallest absolute Gasteiger partial charge is 0.110 e. The van der Waals surface area contributed by atoms with Gasteiger partial charge in [0.1, 0.15) is 12.2 Å². The van der Waals surface area contributed by atoms with Gasteiger partial charge >= 0.3 is 0 Å². The molecule has 0 amide bonds. The lowest BCUT2D eigenvalue weighted by Crippen LogP contribution is -1.62. The van der Waals surface area contributed by atoms with Crippen LogP contribution >= 0.6 is 0 Å². The van der Waals surface area contributed by atoms with E-state index in [1.54, 1.807) is 0 Å². The van der Waals surface area contributed by atoms with Crippen LogP contribution in [0, 0.1) is 0 Å². The first kappa shape index (κ1) is 3.50. The van der Waals surface area contributed by atoms with E-state index in [1.165, 1.54) is 0 Å². The van der Waals surface area contributed by atoms with Crippen molar-refractivity contribution in [3.8, 4) is 0 Å². The Morgan fingerprint density at radius 2 is 2.25 bits per heavy atom. The molecule has 0 fully saturated rings. The maximum absolute atomic E-state index is 7.26. The molecular formula is C2H3NO. The Morgan fingerprint density at radius 3 is 2.25 bits per heavy atom. The second kappa shape index (κ2) is 2.50. The molecule has 0 aromatic heterocycles. The van der Waals surface area contributed by atoms with Crippen LogP contribution in [-0.2, 0) is 4.84 Å². The molecule has 0 bridgehead atoms. The third-order valence-corrected chi connectivity index (χ3v) is 0.0745. The van der Waals surface area contributed by atoms with Gasteiger partial charge in [0.25, 0.3) is 0 Å². The minimum absolute atomic E-state index is 0.931. The first-order chi connectivity index (χ1) is 1.91. The van der Waals surface area contributed by atoms with Gasteiger partial charge in [0.2, 0.25) is 0 Å². The SMILES string of the molecule is C=CO[N]. The van der Waals surface area contributed by atoms with Crippen LogP contribution in [0.1, 0.15) is 0 Å². The molecule has 0 N–H and O–H groups in total. The van der Waals surface area contributed by atoms with Gasteiger partial charge in [-0.2, -0.15) is 0 Å². The highest BCUT2D eigenvalue weighted by Crippen LogP contribution is 1.49. The third-order valence-electron chi connectivity index (χ3n) is 0.0745. The highest BCUT2D eigenvalue weighted by atomic mass is 16.6. The molecule has 0 unspecified atom stereocenters. The Hall–Kier alpha value is -0.500. The van der Waals surface area contributed by atoms with E-state index in [4.69, 9.17) is 5.90 Å². The van der Waals surface area contributed by atoms with E-state index in [-0.39, 0.29) is 0 Å². The van der Waals surface area contributed by atoms with Crippen LogP contribution in [-0.4, -0.2) is 0 Å². The Bertz CT molecular complexity index is 20.0. The fraction of sp³-hybridized carbons (Fsp3) is 0. The van der Waals surface area contributed by atoms with Gasteiger partial charge < -0.3 is 4.84 Å². The van der Waals surface area contributed by atoms with Gasteiger partial charge in [-0.25, -0.2) is 0 Å². The average Bonchev–Trinajstić information content (AvgIpc) is 1.37. The molecule has 0 rings (SSSR count). The van der Waals surface area contributed by atoms with Crippen molar-refractivity contribution in [1.29, 1.82) is 0 Å². The molecule has 0 aliphatic heterocycles. The molecule has 4 heavy (non-hydrogen) atoms. The molecule has 22 valence electrons. The summed E-state index contributed by atoms with van der Waals surface area (Å²) >= 11 is 0. The van der Waals surface area contributed by atoms with Gasteiger partial charge in [0.05, 0.1) is 0 Å². The molecule has 0 heterocycles. The predicted molar refractivity (Wildman–Crippen MR) is 13.4 cm³/mol. The van der Waals surface area contributed by atoms with E-state index in [1.807, 2.05) is 0 Å². The summed E-state index contributed by atoms with van der Waals surface area (Å²) in [5.74, 6) is 7.26. The summed E-state index contributed by atoms with van der Waals surface area (Å²) < 4.78 is 0. The van der Waals surface area contributed by atoms with Crippen LogP contribution in [0.4, 0.5) is 0 Å². The number of hydrogen-bond donors (Lipinski definition) is 0. The van der Waals surface area contributed by atoms with Gasteiger partial charge in [0, 0.05) is 0 Å². The molecular weight excluding hydrogens is 54.0 g/mol. The first-order valence-corrected chi connectivity index (χ1v) is 0.827. The van der Waals surface area contributed by atoms with E-state index in [9.17, 15) is 0 Å². The molecule has 0 aromatic rings. The summed E-state index contributed by atoms with van der Waals surface area (Å²) in [4.78, 5) is 3.31. The Balaban J connectivity index is 2.30. The zero-order valence-electron chi connectivity index (χ0n) is 2.14. The lowest BCUT2D eigenvalue weighted by molar-refractivity contribution is 0.238. The number of nitrogens with zero attached hydrogens (tertiary/aromatic N) is 1. The normalized spacial score (nSPS) is 5.25. The quantitative estimate of drug-likeness (QED) is 0.311. The molecule has 0 aromatic carbocycles. The van der Waals surface area contributed by atoms with Crippen molar-refractivity contribution < 1.29 is 4.84 Å². The van der Waals surface area contributed by atoms with Gasteiger partial charge in [-0.1, -0.05) is 6.58 Å². The Labute approximate surface area is 24.8 Å². The van der Waals surface area contributed by atoms with Crippen LogP contribution in [0.15, 0.2) is 12.8 Å². The summed E-state index contributed by atoms with van der Waals surface area (Å²) in [6.45, 7) is 3.01. The van der Waals surface area contributed by atoms with E-state index in [0.29, 0.717) is 0 Å². The first-order valence-electron chi connectivity index (χ1n) is 0.827. The van der Waals surface area contributed by atoms with E-state index in [0.717, 1.165) is 6.26 Å². The predicted octanol–water partition coefficient (Wildman–Crippen LogP) is 0.130. The highest BCUT2D eigenvalue weighted by Gasteiger charge is 1.42. The Morgan fingerprint density at radius 1 is 2.00 bits per heavy atom. The third kappa shape index (κ3) is 1.50. The Kier molecular flexibility index (Phi) is 2.19. The van der Waals surface area contributed by atoms with Crippen LogP contribution in [0.25, 0.3) is 0 Å². The molecule has 2 heteroatoms. The van der Waals surface area contributed by atoms with Crippen molar-refractivity contribution in [2.75, 3.05) is 0 Å². The van der Waals surface area contributed by atoms with Crippen LogP contribution in [0.3, 0.4) is 0 Å². The monoisotopic (exact) mass is 57.0 g/mol. The van der Waals surface area contributed by atoms with Crippen LogP contribution in [0.2, 0.25) is 0 Å². The second-order valence-corrected chi connectivity index (χ2v) is 0.272. The summed E-state index contributed by atoms with van der Waals surface area (Å²) in [6, 6.07) is 0. The largest absolute Gasteiger partial charge is 0.376 e. The van der Waals surface area contributed by atoms with Crippen molar-refractivity contribution in [3.05, 3.63) is 12.8 Å². The van der Waals surface area contributed by atoms with Crippen LogP contribution < -0.4 is 5.90 Å². The zero-order chi connectivity index (χ0) is 3.41. The lowest BCUT2D eigenvalue weighted by Gasteiger charge is -1.64. The molecule has 0 saturated carbocycles. The average molecular weight is 57.1 g/mol. The number of rotatable bonds is 1. The van der Waals surface area contributed by atoms with E-state index >= 15 is 0 Å². The standard InChI is InChI=1S/C2H3NO/c1-2-4-3/h2H,1H2. The van der Waals surface area contributed by atoms with E-state index < -0.39 is 0 Å². The van der Waals surface area contributed by atoms with Gasteiger partial charge in [-0.15, -0.1) is 0 Å². The summed E-state index contributed by atoms with van der Waals surface area (Å²) in [7, 11) is 0. The van der Waals surface area contributed by atoms with E-state index in [2.05, 4.69) is 11.4 Å². The second-order valence-electron chi connectivity index (χ2n) is 0.272. The molecule has 0 aliphatic carbocycles. The zero-order valence-corrected chi connectivity index (χ0v) is 2.14. The van der Waals surface area contributed by atoms with Crippen molar-refractivity contribution in [3.63, 3.8) is 0 Å². The lowest BCUT2D eigenvalue weighted by atomic mass is 11.2. The topological polar surface area (TPSA) is 31.5 Å². The molecule has 0 saturated heterocycles. The fourth-order valence-corrected chi connectivity index (χ4v) is 0. The molecule has 2 radical (unpaired) electrons. The minimum Gasteiger partial charge on any atom is -0.376 e. The summed E-state index contributed by atoms with van der Waals surface area (Å²) in [5.41, 5.74) is 0. The summed E-state index contributed by atoms with van der Waals surface area (Å²) in [6.07, 6.45) is 0.931. The van der Waals surface area contributed by atoms with Crippen molar-refractivity contribution >= 4 is 0 Å². The summed E-state index contributed by atoms with van der Waals surface area (Å²) in [5, 5.41) is 0. The van der Waals surface area contributed by atoms with Crippen LogP contribution in [0.5, 0.6) is 0 Å². The van der Waals surface area contributed by atoms with Crippen molar-refractivity contribution in [1.82, 2.24) is 5.90 Å². The molecule has 0 spiro atoms. The molecule has 2 nitrogen and oxygen atoms in total. The fourth-order valence-electron chi connectivity index (χ4n) is 0. The maximum atomic E-state index is 7.26.